The molecule has 4 heteroatoms. The van der Waals surface area contributed by atoms with Gasteiger partial charge in [0.2, 0.25) is 0 Å². The number of halogens is 1. The van der Waals surface area contributed by atoms with Gasteiger partial charge >= 0.3 is 0 Å². The Bertz CT molecular complexity index is 686. The van der Waals surface area contributed by atoms with Gasteiger partial charge in [-0.3, -0.25) is 0 Å². The average molecular weight is 297 g/mol. The van der Waals surface area contributed by atoms with Gasteiger partial charge in [0.15, 0.2) is 0 Å². The third-order valence-electron chi connectivity index (χ3n) is 4.82. The topological polar surface area (TPSA) is 28.2 Å². The van der Waals surface area contributed by atoms with E-state index in [0.717, 1.165) is 43.9 Å². The van der Waals surface area contributed by atoms with Gasteiger partial charge in [-0.2, -0.15) is 0 Å². The Hall–Kier alpha value is -1.94. The van der Waals surface area contributed by atoms with E-state index in [2.05, 4.69) is 15.2 Å². The molecule has 3 nitrogen and oxygen atoms in total. The maximum Gasteiger partial charge on any atom is 0.132 e. The zero-order chi connectivity index (χ0) is 14.9. The molecule has 1 saturated heterocycles. The summed E-state index contributed by atoms with van der Waals surface area (Å²) in [6, 6.07) is 9.66. The van der Waals surface area contributed by atoms with Gasteiger partial charge < -0.3 is 10.2 Å². The van der Waals surface area contributed by atoms with E-state index in [1.807, 2.05) is 24.4 Å². The van der Waals surface area contributed by atoms with Crippen LogP contribution in [0, 0.1) is 5.82 Å². The fourth-order valence-electron chi connectivity index (χ4n) is 3.66. The van der Waals surface area contributed by atoms with E-state index in [1.165, 1.54) is 17.2 Å². The lowest BCUT2D eigenvalue weighted by atomic mass is 9.91. The first-order valence-corrected chi connectivity index (χ1v) is 8.00. The fourth-order valence-corrected chi connectivity index (χ4v) is 3.66. The minimum absolute atomic E-state index is 0.121. The molecule has 1 N–H and O–H groups in total. The zero-order valence-corrected chi connectivity index (χ0v) is 12.6. The highest BCUT2D eigenvalue weighted by atomic mass is 19.1. The van der Waals surface area contributed by atoms with Crippen molar-refractivity contribution in [2.24, 2.45) is 0 Å². The van der Waals surface area contributed by atoms with E-state index in [0.29, 0.717) is 12.5 Å². The van der Waals surface area contributed by atoms with Gasteiger partial charge in [0.05, 0.1) is 0 Å². The fraction of sp³-hybridized carbons (Fsp3) is 0.389. The molecule has 114 valence electrons. The van der Waals surface area contributed by atoms with Crippen molar-refractivity contribution in [1.29, 1.82) is 0 Å². The summed E-state index contributed by atoms with van der Waals surface area (Å²) in [6.07, 6.45) is 4.71. The molecule has 0 aliphatic carbocycles. The predicted molar refractivity (Wildman–Crippen MR) is 85.8 cm³/mol. The molecular weight excluding hydrogens is 277 g/mol. The minimum atomic E-state index is -0.121. The maximum absolute atomic E-state index is 13.9. The van der Waals surface area contributed by atoms with Gasteiger partial charge in [-0.05, 0) is 41.7 Å². The van der Waals surface area contributed by atoms with Crippen LogP contribution in [-0.2, 0) is 12.8 Å². The van der Waals surface area contributed by atoms with Crippen molar-refractivity contribution in [3.63, 3.8) is 0 Å². The Labute approximate surface area is 130 Å². The van der Waals surface area contributed by atoms with E-state index < -0.39 is 0 Å². The molecule has 1 aromatic carbocycles. The number of hydrogen-bond donors (Lipinski definition) is 1. The highest BCUT2D eigenvalue weighted by Crippen LogP contribution is 2.32. The Morgan fingerprint density at radius 3 is 3.05 bits per heavy atom. The summed E-state index contributed by atoms with van der Waals surface area (Å²) in [5.41, 5.74) is 3.29. The number of aromatic nitrogens is 1. The van der Waals surface area contributed by atoms with Crippen LogP contribution >= 0.6 is 0 Å². The molecule has 4 rings (SSSR count). The van der Waals surface area contributed by atoms with Crippen molar-refractivity contribution >= 4 is 5.82 Å². The lowest BCUT2D eigenvalue weighted by molar-refractivity contribution is 0.435. The van der Waals surface area contributed by atoms with Crippen LogP contribution in [0.2, 0.25) is 0 Å². The molecule has 1 fully saturated rings. The third-order valence-corrected chi connectivity index (χ3v) is 4.82. The quantitative estimate of drug-likeness (QED) is 0.923. The number of pyridine rings is 1. The van der Waals surface area contributed by atoms with Gasteiger partial charge in [-0.15, -0.1) is 0 Å². The monoisotopic (exact) mass is 297 g/mol. The van der Waals surface area contributed by atoms with Gasteiger partial charge in [0, 0.05) is 38.3 Å². The lowest BCUT2D eigenvalue weighted by Crippen LogP contribution is -2.53. The van der Waals surface area contributed by atoms with Crippen LogP contribution in [0.5, 0.6) is 0 Å². The van der Waals surface area contributed by atoms with Crippen LogP contribution in [0.4, 0.5) is 10.2 Å². The second-order valence-electron chi connectivity index (χ2n) is 6.13. The van der Waals surface area contributed by atoms with Gasteiger partial charge in [-0.25, -0.2) is 9.37 Å². The second kappa shape index (κ2) is 5.69. The number of anilines is 1. The molecule has 0 saturated carbocycles. The zero-order valence-electron chi connectivity index (χ0n) is 12.6. The van der Waals surface area contributed by atoms with Crippen molar-refractivity contribution < 1.29 is 4.39 Å². The summed E-state index contributed by atoms with van der Waals surface area (Å²) in [4.78, 5) is 7.06. The second-order valence-corrected chi connectivity index (χ2v) is 6.13. The van der Waals surface area contributed by atoms with Crippen LogP contribution in [0.15, 0.2) is 36.5 Å². The van der Waals surface area contributed by atoms with Crippen LogP contribution < -0.4 is 10.2 Å². The van der Waals surface area contributed by atoms with Gasteiger partial charge in [-0.1, -0.05) is 18.2 Å². The van der Waals surface area contributed by atoms with Crippen molar-refractivity contribution in [3.8, 4) is 0 Å². The first kappa shape index (κ1) is 13.7. The number of nitrogens with zero attached hydrogens (tertiary/aromatic N) is 2. The van der Waals surface area contributed by atoms with Crippen LogP contribution in [0.25, 0.3) is 0 Å². The minimum Gasteiger partial charge on any atom is -0.351 e. The van der Waals surface area contributed by atoms with Gasteiger partial charge in [0.1, 0.15) is 11.6 Å². The summed E-state index contributed by atoms with van der Waals surface area (Å²) in [7, 11) is 0. The molecular formula is C18H20FN3. The van der Waals surface area contributed by atoms with Crippen LogP contribution in [0.3, 0.4) is 0 Å². The van der Waals surface area contributed by atoms with E-state index >= 15 is 0 Å². The summed E-state index contributed by atoms with van der Waals surface area (Å²) in [6.45, 7) is 3.06. The third kappa shape index (κ3) is 2.37. The number of fused-ring (bicyclic) bond motifs is 3. The van der Waals surface area contributed by atoms with Crippen LogP contribution in [0.1, 0.15) is 23.1 Å². The molecule has 0 radical (unpaired) electrons. The molecule has 1 unspecified atom stereocenters. The first-order valence-electron chi connectivity index (χ1n) is 8.00. The molecule has 2 aromatic rings. The normalized spacial score (nSPS) is 20.4. The Morgan fingerprint density at radius 1 is 1.23 bits per heavy atom. The molecule has 2 aliphatic rings. The smallest absolute Gasteiger partial charge is 0.132 e. The summed E-state index contributed by atoms with van der Waals surface area (Å²) < 4.78 is 13.9. The molecule has 3 heterocycles. The van der Waals surface area contributed by atoms with Gasteiger partial charge in [0.25, 0.3) is 0 Å². The molecule has 0 bridgehead atoms. The number of benzene rings is 1. The van der Waals surface area contributed by atoms with Crippen LogP contribution in [-0.4, -0.2) is 30.7 Å². The van der Waals surface area contributed by atoms with Crippen molar-refractivity contribution in [2.45, 2.75) is 25.3 Å². The number of rotatable bonds is 2. The Balaban J connectivity index is 1.69. The summed E-state index contributed by atoms with van der Waals surface area (Å²) >= 11 is 0. The molecule has 22 heavy (non-hydrogen) atoms. The number of piperazine rings is 1. The molecule has 1 atom stereocenters. The Kier molecular flexibility index (Phi) is 3.54. The van der Waals surface area contributed by atoms with Crippen molar-refractivity contribution in [2.75, 3.05) is 24.5 Å². The maximum atomic E-state index is 13.9. The first-order chi connectivity index (χ1) is 10.8. The average Bonchev–Trinajstić information content (AvgIpc) is 2.57. The standard InChI is InChI=1S/C18H20FN3/c19-17-4-2-1-3-14(17)11-13-7-8-21-18-16(13)6-5-15-12-20-9-10-22(15)18/h1-4,7-8,15,20H,5-6,9-12H2. The largest absolute Gasteiger partial charge is 0.351 e. The van der Waals surface area contributed by atoms with E-state index in [-0.39, 0.29) is 5.82 Å². The number of nitrogens with one attached hydrogen (secondary N) is 1. The SMILES string of the molecule is Fc1ccccc1Cc1ccnc2c1CCC1CNCCN21. The number of hydrogen-bond acceptors (Lipinski definition) is 3. The van der Waals surface area contributed by atoms with Crippen molar-refractivity contribution in [3.05, 3.63) is 59.0 Å². The van der Waals surface area contributed by atoms with E-state index in [1.54, 1.807) is 6.07 Å². The van der Waals surface area contributed by atoms with E-state index in [9.17, 15) is 4.39 Å². The highest BCUT2D eigenvalue weighted by molar-refractivity contribution is 5.55. The van der Waals surface area contributed by atoms with E-state index in [4.69, 9.17) is 0 Å². The summed E-state index contributed by atoms with van der Waals surface area (Å²) in [5.74, 6) is 0.996. The molecule has 0 amide bonds. The van der Waals surface area contributed by atoms with Crippen molar-refractivity contribution in [1.82, 2.24) is 10.3 Å². The molecule has 0 spiro atoms. The lowest BCUT2D eigenvalue weighted by Gasteiger charge is -2.42. The highest BCUT2D eigenvalue weighted by Gasteiger charge is 2.30. The molecule has 2 aliphatic heterocycles. The molecule has 1 aromatic heterocycles. The summed E-state index contributed by atoms with van der Waals surface area (Å²) in [5, 5.41) is 3.46. The Morgan fingerprint density at radius 2 is 2.14 bits per heavy atom. The predicted octanol–water partition coefficient (Wildman–Crippen LogP) is 2.54.